The minimum absolute atomic E-state index is 0.327. The fraction of sp³-hybridized carbons (Fsp3) is 1.00. The smallest absolute Gasteiger partial charge is 0.104 e. The summed E-state index contributed by atoms with van der Waals surface area (Å²) >= 11 is 0. The fourth-order valence-electron chi connectivity index (χ4n) is 2.11. The van der Waals surface area contributed by atoms with Gasteiger partial charge in [-0.1, -0.05) is 6.92 Å². The SMILES string of the molecule is CCCNC(COC1COC1)C1CCOC1. The second kappa shape index (κ2) is 6.55. The fourth-order valence-corrected chi connectivity index (χ4v) is 2.11. The van der Waals surface area contributed by atoms with Crippen LogP contribution in [0.1, 0.15) is 19.8 Å². The largest absolute Gasteiger partial charge is 0.381 e. The van der Waals surface area contributed by atoms with E-state index in [4.69, 9.17) is 14.2 Å². The van der Waals surface area contributed by atoms with Crippen LogP contribution in [0.25, 0.3) is 0 Å². The Hall–Kier alpha value is -0.160. The molecule has 4 nitrogen and oxygen atoms in total. The van der Waals surface area contributed by atoms with Crippen molar-refractivity contribution >= 4 is 0 Å². The van der Waals surface area contributed by atoms with Gasteiger partial charge < -0.3 is 19.5 Å². The van der Waals surface area contributed by atoms with Crippen molar-refractivity contribution in [1.29, 1.82) is 0 Å². The van der Waals surface area contributed by atoms with E-state index in [0.717, 1.165) is 52.4 Å². The lowest BCUT2D eigenvalue weighted by Crippen LogP contribution is -2.45. The molecular weight excluding hydrogens is 206 g/mol. The molecule has 0 radical (unpaired) electrons. The van der Waals surface area contributed by atoms with Crippen LogP contribution in [-0.4, -0.2) is 51.7 Å². The molecule has 2 aliphatic heterocycles. The molecule has 16 heavy (non-hydrogen) atoms. The van der Waals surface area contributed by atoms with Gasteiger partial charge in [0.2, 0.25) is 0 Å². The van der Waals surface area contributed by atoms with Gasteiger partial charge in [-0.2, -0.15) is 0 Å². The van der Waals surface area contributed by atoms with Crippen LogP contribution >= 0.6 is 0 Å². The highest BCUT2D eigenvalue weighted by molar-refractivity contribution is 4.80. The standard InChI is InChI=1S/C12H23NO3/c1-2-4-13-12(10-3-5-14-6-10)9-16-11-7-15-8-11/h10-13H,2-9H2,1H3. The summed E-state index contributed by atoms with van der Waals surface area (Å²) in [4.78, 5) is 0. The van der Waals surface area contributed by atoms with Gasteiger partial charge >= 0.3 is 0 Å². The molecule has 2 unspecified atom stereocenters. The highest BCUT2D eigenvalue weighted by Crippen LogP contribution is 2.18. The Labute approximate surface area is 97.6 Å². The zero-order valence-corrected chi connectivity index (χ0v) is 10.1. The summed E-state index contributed by atoms with van der Waals surface area (Å²) in [5, 5.41) is 3.57. The first kappa shape index (κ1) is 12.3. The molecule has 2 fully saturated rings. The molecule has 2 aliphatic rings. The van der Waals surface area contributed by atoms with Gasteiger partial charge in [0.1, 0.15) is 6.10 Å². The van der Waals surface area contributed by atoms with E-state index in [1.54, 1.807) is 0 Å². The van der Waals surface area contributed by atoms with E-state index in [0.29, 0.717) is 18.1 Å². The first-order valence-corrected chi connectivity index (χ1v) is 6.40. The minimum Gasteiger partial charge on any atom is -0.381 e. The van der Waals surface area contributed by atoms with Crippen LogP contribution < -0.4 is 5.32 Å². The zero-order chi connectivity index (χ0) is 11.2. The highest BCUT2D eigenvalue weighted by atomic mass is 16.6. The van der Waals surface area contributed by atoms with Crippen molar-refractivity contribution in [2.45, 2.75) is 31.9 Å². The lowest BCUT2D eigenvalue weighted by atomic mass is 9.99. The van der Waals surface area contributed by atoms with Gasteiger partial charge in [0, 0.05) is 18.6 Å². The lowest BCUT2D eigenvalue weighted by molar-refractivity contribution is -0.135. The molecule has 0 amide bonds. The molecule has 1 N–H and O–H groups in total. The van der Waals surface area contributed by atoms with Crippen molar-refractivity contribution < 1.29 is 14.2 Å². The lowest BCUT2D eigenvalue weighted by Gasteiger charge is -2.30. The Balaban J connectivity index is 1.71. The Morgan fingerprint density at radius 1 is 1.31 bits per heavy atom. The molecule has 4 heteroatoms. The maximum absolute atomic E-state index is 5.81. The van der Waals surface area contributed by atoms with E-state index < -0.39 is 0 Å². The Bertz CT molecular complexity index is 191. The summed E-state index contributed by atoms with van der Waals surface area (Å²) in [6, 6.07) is 0.447. The molecule has 0 aromatic carbocycles. The first-order chi connectivity index (χ1) is 7.90. The molecular formula is C12H23NO3. The third-order valence-corrected chi connectivity index (χ3v) is 3.31. The summed E-state index contributed by atoms with van der Waals surface area (Å²) in [6.45, 7) is 7.36. The summed E-state index contributed by atoms with van der Waals surface area (Å²) in [6.07, 6.45) is 2.65. The van der Waals surface area contributed by atoms with Crippen molar-refractivity contribution in [2.75, 3.05) is 39.6 Å². The summed E-state index contributed by atoms with van der Waals surface area (Å²) in [5.74, 6) is 0.618. The van der Waals surface area contributed by atoms with Gasteiger partial charge in [0.15, 0.2) is 0 Å². The summed E-state index contributed by atoms with van der Waals surface area (Å²) in [5.41, 5.74) is 0. The molecule has 2 atom stereocenters. The summed E-state index contributed by atoms with van der Waals surface area (Å²) in [7, 11) is 0. The minimum atomic E-state index is 0.327. The third-order valence-electron chi connectivity index (χ3n) is 3.31. The van der Waals surface area contributed by atoms with Crippen LogP contribution in [-0.2, 0) is 14.2 Å². The van der Waals surface area contributed by atoms with Gasteiger partial charge in [0.05, 0.1) is 26.4 Å². The van der Waals surface area contributed by atoms with Crippen molar-refractivity contribution in [2.24, 2.45) is 5.92 Å². The van der Waals surface area contributed by atoms with E-state index >= 15 is 0 Å². The van der Waals surface area contributed by atoms with Crippen LogP contribution in [0.3, 0.4) is 0 Å². The van der Waals surface area contributed by atoms with Gasteiger partial charge in [-0.05, 0) is 19.4 Å². The topological polar surface area (TPSA) is 39.7 Å². The van der Waals surface area contributed by atoms with E-state index in [2.05, 4.69) is 12.2 Å². The molecule has 94 valence electrons. The molecule has 2 saturated heterocycles. The summed E-state index contributed by atoms with van der Waals surface area (Å²) < 4.78 is 16.4. The average molecular weight is 229 g/mol. The second-order valence-corrected chi connectivity index (χ2v) is 4.68. The van der Waals surface area contributed by atoms with Crippen molar-refractivity contribution in [3.05, 3.63) is 0 Å². The quantitative estimate of drug-likeness (QED) is 0.701. The molecule has 0 saturated carbocycles. The average Bonchev–Trinajstić information content (AvgIpc) is 2.73. The van der Waals surface area contributed by atoms with Crippen molar-refractivity contribution in [3.63, 3.8) is 0 Å². The van der Waals surface area contributed by atoms with Gasteiger partial charge in [-0.3, -0.25) is 0 Å². The number of ether oxygens (including phenoxy) is 3. The third kappa shape index (κ3) is 3.42. The van der Waals surface area contributed by atoms with E-state index in [9.17, 15) is 0 Å². The predicted octanol–water partition coefficient (Wildman–Crippen LogP) is 0.806. The van der Waals surface area contributed by atoms with Crippen molar-refractivity contribution in [1.82, 2.24) is 5.32 Å². The Morgan fingerprint density at radius 2 is 2.19 bits per heavy atom. The second-order valence-electron chi connectivity index (χ2n) is 4.68. The normalized spacial score (nSPS) is 27.9. The Kier molecular flexibility index (Phi) is 5.03. The maximum atomic E-state index is 5.81. The Morgan fingerprint density at radius 3 is 2.75 bits per heavy atom. The first-order valence-electron chi connectivity index (χ1n) is 6.40. The van der Waals surface area contributed by atoms with Crippen LogP contribution in [0.4, 0.5) is 0 Å². The van der Waals surface area contributed by atoms with E-state index in [1.165, 1.54) is 0 Å². The molecule has 0 aromatic heterocycles. The van der Waals surface area contributed by atoms with Crippen LogP contribution in [0, 0.1) is 5.92 Å². The predicted molar refractivity (Wildman–Crippen MR) is 61.6 cm³/mol. The number of hydrogen-bond acceptors (Lipinski definition) is 4. The molecule has 0 aromatic rings. The van der Waals surface area contributed by atoms with Gasteiger partial charge in [-0.15, -0.1) is 0 Å². The maximum Gasteiger partial charge on any atom is 0.104 e. The number of nitrogens with one attached hydrogen (secondary N) is 1. The molecule has 0 bridgehead atoms. The van der Waals surface area contributed by atoms with Crippen molar-refractivity contribution in [3.8, 4) is 0 Å². The van der Waals surface area contributed by atoms with Crippen LogP contribution in [0.5, 0.6) is 0 Å². The molecule has 0 spiro atoms. The monoisotopic (exact) mass is 229 g/mol. The van der Waals surface area contributed by atoms with E-state index in [-0.39, 0.29) is 0 Å². The number of rotatable bonds is 7. The number of hydrogen-bond donors (Lipinski definition) is 1. The molecule has 0 aliphatic carbocycles. The van der Waals surface area contributed by atoms with Gasteiger partial charge in [-0.25, -0.2) is 0 Å². The zero-order valence-electron chi connectivity index (χ0n) is 10.1. The van der Waals surface area contributed by atoms with E-state index in [1.807, 2.05) is 0 Å². The van der Waals surface area contributed by atoms with Gasteiger partial charge in [0.25, 0.3) is 0 Å². The molecule has 2 rings (SSSR count). The highest BCUT2D eigenvalue weighted by Gasteiger charge is 2.27. The van der Waals surface area contributed by atoms with Crippen LogP contribution in [0.15, 0.2) is 0 Å². The molecule has 2 heterocycles. The van der Waals surface area contributed by atoms with Crippen LogP contribution in [0.2, 0.25) is 0 Å².